The standard InChI is InChI=1S/C7H6BrFN2O/c1-10-5-3-2-4(8)6(9)7(5)11-12/h2-3,10H,1H3/p+1. The highest BCUT2D eigenvalue weighted by Gasteiger charge is 2.17. The number of nitroso groups, excluding NO2 is 1. The third-order valence-electron chi connectivity index (χ3n) is 1.47. The third kappa shape index (κ3) is 1.45. The smallest absolute Gasteiger partial charge is 0.312 e. The second kappa shape index (κ2) is 3.62. The van der Waals surface area contributed by atoms with Crippen molar-refractivity contribution in [3.05, 3.63) is 27.3 Å². The molecule has 1 aromatic carbocycles. The topological polar surface area (TPSA) is 43.1 Å². The van der Waals surface area contributed by atoms with Gasteiger partial charge in [0.05, 0.1) is 4.47 Å². The van der Waals surface area contributed by atoms with E-state index in [1.807, 2.05) is 0 Å². The van der Waals surface area contributed by atoms with Crippen LogP contribution in [-0.2, 0) is 0 Å². The maximum Gasteiger partial charge on any atom is 0.312 e. The second-order valence-corrected chi connectivity index (χ2v) is 2.99. The highest BCUT2D eigenvalue weighted by molar-refractivity contribution is 9.10. The van der Waals surface area contributed by atoms with E-state index < -0.39 is 5.82 Å². The molecule has 0 atom stereocenters. The second-order valence-electron chi connectivity index (χ2n) is 2.14. The molecule has 1 rings (SSSR count). The van der Waals surface area contributed by atoms with Crippen molar-refractivity contribution in [3.8, 4) is 0 Å². The van der Waals surface area contributed by atoms with Crippen molar-refractivity contribution in [2.24, 2.45) is 0 Å². The van der Waals surface area contributed by atoms with Crippen molar-refractivity contribution in [2.45, 2.75) is 0 Å². The monoisotopic (exact) mass is 233 g/mol. The molecule has 0 aliphatic heterocycles. The Morgan fingerprint density at radius 1 is 1.58 bits per heavy atom. The first kappa shape index (κ1) is 9.12. The molecule has 1 aromatic rings. The zero-order valence-corrected chi connectivity index (χ0v) is 7.90. The Morgan fingerprint density at radius 3 is 2.75 bits per heavy atom. The van der Waals surface area contributed by atoms with Crippen molar-refractivity contribution in [2.75, 3.05) is 12.4 Å². The summed E-state index contributed by atoms with van der Waals surface area (Å²) in [7, 11) is 1.61. The molecule has 0 aliphatic rings. The number of hydrogen-bond acceptors (Lipinski definition) is 2. The van der Waals surface area contributed by atoms with Gasteiger partial charge < -0.3 is 5.32 Å². The Balaban J connectivity index is 3.35. The van der Waals surface area contributed by atoms with Crippen LogP contribution < -0.4 is 10.5 Å². The molecule has 5 heteroatoms. The number of benzene rings is 1. The average Bonchev–Trinajstić information content (AvgIpc) is 2.09. The van der Waals surface area contributed by atoms with Crippen LogP contribution in [-0.4, -0.2) is 7.05 Å². The first-order chi connectivity index (χ1) is 5.70. The summed E-state index contributed by atoms with van der Waals surface area (Å²) in [5.74, 6) is -0.586. The zero-order chi connectivity index (χ0) is 9.14. The number of hydrogen-bond donors (Lipinski definition) is 2. The Hall–Kier alpha value is -0.970. The SMILES string of the molecule is CNc1ccc(Br)c(F)c1[NH+]=O. The maximum absolute atomic E-state index is 13.1. The van der Waals surface area contributed by atoms with E-state index in [9.17, 15) is 9.30 Å². The molecular weight excluding hydrogens is 227 g/mol. The van der Waals surface area contributed by atoms with Gasteiger partial charge in [0.15, 0.2) is 0 Å². The predicted molar refractivity (Wildman–Crippen MR) is 47.6 cm³/mol. The molecule has 0 unspecified atom stereocenters. The molecule has 0 heterocycles. The van der Waals surface area contributed by atoms with Gasteiger partial charge in [-0.3, -0.25) is 0 Å². The molecule has 64 valence electrons. The van der Waals surface area contributed by atoms with Gasteiger partial charge in [0.2, 0.25) is 5.82 Å². The normalized spacial score (nSPS) is 9.58. The number of anilines is 1. The highest BCUT2D eigenvalue weighted by Crippen LogP contribution is 2.26. The molecule has 0 amide bonds. The molecule has 0 aromatic heterocycles. The fraction of sp³-hybridized carbons (Fsp3) is 0.143. The molecular formula is C7H7BrFN2O+. The van der Waals surface area contributed by atoms with Gasteiger partial charge in [-0.25, -0.2) is 0 Å². The molecule has 0 aliphatic carbocycles. The summed E-state index contributed by atoms with van der Waals surface area (Å²) in [4.78, 5) is 10.3. The van der Waals surface area contributed by atoms with Crippen molar-refractivity contribution >= 4 is 27.3 Å². The Labute approximate surface area is 77.1 Å². The lowest BCUT2D eigenvalue weighted by molar-refractivity contribution is -0.381. The van der Waals surface area contributed by atoms with Crippen molar-refractivity contribution in [3.63, 3.8) is 0 Å². The fourth-order valence-corrected chi connectivity index (χ4v) is 1.19. The molecule has 0 spiro atoms. The molecule has 0 saturated heterocycles. The van der Waals surface area contributed by atoms with Crippen LogP contribution in [0.15, 0.2) is 16.6 Å². The zero-order valence-electron chi connectivity index (χ0n) is 6.32. The highest BCUT2D eigenvalue weighted by atomic mass is 79.9. The number of rotatable bonds is 2. The summed E-state index contributed by atoms with van der Waals surface area (Å²) < 4.78 is 13.4. The van der Waals surface area contributed by atoms with Crippen LogP contribution >= 0.6 is 15.9 Å². The van der Waals surface area contributed by atoms with Crippen LogP contribution in [0.2, 0.25) is 0 Å². The van der Waals surface area contributed by atoms with Gasteiger partial charge >= 0.3 is 5.69 Å². The maximum atomic E-state index is 13.1. The van der Waals surface area contributed by atoms with Gasteiger partial charge in [0, 0.05) is 17.1 Å². The van der Waals surface area contributed by atoms with Crippen LogP contribution in [0.3, 0.4) is 0 Å². The van der Waals surface area contributed by atoms with E-state index in [1.165, 1.54) is 11.2 Å². The van der Waals surface area contributed by atoms with Crippen molar-refractivity contribution < 1.29 is 9.57 Å². The van der Waals surface area contributed by atoms with E-state index in [-0.39, 0.29) is 10.2 Å². The van der Waals surface area contributed by atoms with Gasteiger partial charge in [-0.15, -0.1) is 0 Å². The van der Waals surface area contributed by atoms with Gasteiger partial charge in [0.1, 0.15) is 5.69 Å². The number of halogens is 2. The Morgan fingerprint density at radius 2 is 2.25 bits per heavy atom. The lowest BCUT2D eigenvalue weighted by Gasteiger charge is -1.99. The molecule has 12 heavy (non-hydrogen) atoms. The van der Waals surface area contributed by atoms with Crippen LogP contribution in [0.1, 0.15) is 0 Å². The van der Waals surface area contributed by atoms with E-state index in [4.69, 9.17) is 0 Å². The quantitative estimate of drug-likeness (QED) is 0.804. The van der Waals surface area contributed by atoms with Crippen molar-refractivity contribution in [1.82, 2.24) is 0 Å². The largest absolute Gasteiger partial charge is 0.383 e. The molecule has 0 bridgehead atoms. The van der Waals surface area contributed by atoms with Gasteiger partial charge in [-0.05, 0) is 28.1 Å². The molecule has 2 N–H and O–H groups in total. The minimum absolute atomic E-state index is 0.0770. The summed E-state index contributed by atoms with van der Waals surface area (Å²) in [5, 5.41) is 4.23. The van der Waals surface area contributed by atoms with E-state index in [0.717, 1.165) is 0 Å². The molecule has 3 nitrogen and oxygen atoms in total. The van der Waals surface area contributed by atoms with E-state index in [1.54, 1.807) is 13.1 Å². The van der Waals surface area contributed by atoms with E-state index >= 15 is 0 Å². The van der Waals surface area contributed by atoms with Crippen LogP contribution in [0.4, 0.5) is 15.8 Å². The lowest BCUT2D eigenvalue weighted by atomic mass is 10.2. The lowest BCUT2D eigenvalue weighted by Crippen LogP contribution is -2.57. The Bertz CT molecular complexity index is 317. The summed E-state index contributed by atoms with van der Waals surface area (Å²) >= 11 is 2.97. The minimum Gasteiger partial charge on any atom is -0.383 e. The molecule has 0 saturated carbocycles. The minimum atomic E-state index is -0.586. The average molecular weight is 234 g/mol. The Kier molecular flexibility index (Phi) is 2.75. The summed E-state index contributed by atoms with van der Waals surface area (Å²) in [6.07, 6.45) is 0. The van der Waals surface area contributed by atoms with Gasteiger partial charge in [-0.1, -0.05) is 0 Å². The summed E-state index contributed by atoms with van der Waals surface area (Å²) in [6.45, 7) is 0. The van der Waals surface area contributed by atoms with E-state index in [0.29, 0.717) is 5.69 Å². The van der Waals surface area contributed by atoms with Gasteiger partial charge in [-0.2, -0.15) is 4.39 Å². The van der Waals surface area contributed by atoms with E-state index in [2.05, 4.69) is 21.2 Å². The fourth-order valence-electron chi connectivity index (χ4n) is 0.859. The third-order valence-corrected chi connectivity index (χ3v) is 2.08. The van der Waals surface area contributed by atoms with Crippen LogP contribution in [0, 0.1) is 10.7 Å². The van der Waals surface area contributed by atoms with Crippen LogP contribution in [0.25, 0.3) is 0 Å². The first-order valence-corrected chi connectivity index (χ1v) is 4.04. The molecule has 0 radical (unpaired) electrons. The summed E-state index contributed by atoms with van der Waals surface area (Å²) in [5.41, 5.74) is 0.359. The van der Waals surface area contributed by atoms with Crippen LogP contribution in [0.5, 0.6) is 0 Å². The van der Waals surface area contributed by atoms with Gasteiger partial charge in [0.25, 0.3) is 0 Å². The molecule has 0 fully saturated rings. The number of nitrogens with one attached hydrogen (secondary N) is 2. The summed E-state index contributed by atoms with van der Waals surface area (Å²) in [6, 6.07) is 3.13. The van der Waals surface area contributed by atoms with Crippen molar-refractivity contribution in [1.29, 1.82) is 0 Å². The predicted octanol–water partition coefficient (Wildman–Crippen LogP) is 1.11. The first-order valence-electron chi connectivity index (χ1n) is 3.24.